The van der Waals surface area contributed by atoms with Crippen LogP contribution in [0.5, 0.6) is 0 Å². The van der Waals surface area contributed by atoms with Crippen LogP contribution in [-0.2, 0) is 36.9 Å². The lowest BCUT2D eigenvalue weighted by Crippen LogP contribution is -2.59. The van der Waals surface area contributed by atoms with Gasteiger partial charge in [0.05, 0.1) is 19.8 Å². The molecule has 0 radical (unpaired) electrons. The molecule has 2 aliphatic rings. The predicted octanol–water partition coefficient (Wildman–Crippen LogP) is 6.19. The normalized spacial score (nSPS) is 27.5. The van der Waals surface area contributed by atoms with Gasteiger partial charge in [0.2, 0.25) is 0 Å². The number of hydrogen-bond acceptors (Lipinski definition) is 5. The van der Waals surface area contributed by atoms with Gasteiger partial charge in [0.1, 0.15) is 17.8 Å². The lowest BCUT2D eigenvalue weighted by molar-refractivity contribution is -0.281. The molecule has 5 heteroatoms. The highest BCUT2D eigenvalue weighted by Gasteiger charge is 2.68. The van der Waals surface area contributed by atoms with E-state index < -0.39 is 29.2 Å². The Morgan fingerprint density at radius 3 is 2.00 bits per heavy atom. The first-order chi connectivity index (χ1) is 16.8. The molecule has 0 bridgehead atoms. The molecule has 4 atom stereocenters. The van der Waals surface area contributed by atoms with Gasteiger partial charge in [-0.3, -0.25) is 0 Å². The lowest BCUT2D eigenvalue weighted by atomic mass is 9.66. The molecule has 2 aromatic carbocycles. The lowest BCUT2D eigenvalue weighted by Gasteiger charge is -2.48. The van der Waals surface area contributed by atoms with E-state index in [-0.39, 0.29) is 6.10 Å². The van der Waals surface area contributed by atoms with E-state index in [4.69, 9.17) is 23.7 Å². The van der Waals surface area contributed by atoms with Crippen LogP contribution in [-0.4, -0.2) is 36.5 Å². The Morgan fingerprint density at radius 2 is 1.43 bits per heavy atom. The van der Waals surface area contributed by atoms with Crippen LogP contribution in [0.25, 0.3) is 0 Å². The van der Waals surface area contributed by atoms with Crippen molar-refractivity contribution in [1.82, 2.24) is 0 Å². The molecule has 0 amide bonds. The smallest absolute Gasteiger partial charge is 0.190 e. The third-order valence-electron chi connectivity index (χ3n) is 7.08. The highest BCUT2D eigenvalue weighted by atomic mass is 16.8. The number of hydrogen-bond donors (Lipinski definition) is 0. The topological polar surface area (TPSA) is 46.2 Å². The average molecular weight is 479 g/mol. The van der Waals surface area contributed by atoms with Crippen molar-refractivity contribution in [2.24, 2.45) is 5.41 Å². The van der Waals surface area contributed by atoms with E-state index in [9.17, 15) is 0 Å². The molecule has 2 fully saturated rings. The second kappa shape index (κ2) is 10.8. The Balaban J connectivity index is 1.68. The van der Waals surface area contributed by atoms with Gasteiger partial charge in [0, 0.05) is 5.41 Å². The number of rotatable bonds is 12. The van der Waals surface area contributed by atoms with E-state index in [2.05, 4.69) is 44.3 Å². The van der Waals surface area contributed by atoms with Crippen LogP contribution >= 0.6 is 0 Å². The largest absolute Gasteiger partial charge is 0.374 e. The van der Waals surface area contributed by atoms with E-state index >= 15 is 0 Å². The average Bonchev–Trinajstić information content (AvgIpc) is 3.28. The summed E-state index contributed by atoms with van der Waals surface area (Å²) in [6.07, 6.45) is 3.89. The maximum atomic E-state index is 6.83. The monoisotopic (exact) mass is 478 g/mol. The van der Waals surface area contributed by atoms with Crippen molar-refractivity contribution in [3.63, 3.8) is 0 Å². The number of benzene rings is 2. The molecule has 2 heterocycles. The standard InChI is InChI=1S/C30H38O5/c1-6-18-29(5,19-7-2)30(22-31-20-23-14-10-8-11-15-23)26(32-21-24-16-12-9-13-17-24)25-27(35-30)34-28(3,4)33-25/h6-17,25-27H,1-2,18-22H2,3-5H3/t25?,26?,27?,30-/m0/s1. The minimum absolute atomic E-state index is 0.319. The molecule has 4 rings (SSSR count). The van der Waals surface area contributed by atoms with Crippen molar-refractivity contribution in [2.75, 3.05) is 6.61 Å². The van der Waals surface area contributed by atoms with Crippen LogP contribution in [0.15, 0.2) is 86.0 Å². The van der Waals surface area contributed by atoms with Crippen LogP contribution in [0.2, 0.25) is 0 Å². The molecule has 0 saturated carbocycles. The van der Waals surface area contributed by atoms with E-state index in [1.807, 2.05) is 62.4 Å². The summed E-state index contributed by atoms with van der Waals surface area (Å²) in [7, 11) is 0. The summed E-state index contributed by atoms with van der Waals surface area (Å²) >= 11 is 0. The zero-order valence-corrected chi connectivity index (χ0v) is 21.2. The van der Waals surface area contributed by atoms with Crippen molar-refractivity contribution < 1.29 is 23.7 Å². The SMILES string of the molecule is C=CCC(C)(CC=C)[C@@]1(COCc2ccccc2)OC2OC(C)(C)OC2C1OCc1ccccc1. The molecule has 188 valence electrons. The van der Waals surface area contributed by atoms with Crippen LogP contribution in [0, 0.1) is 5.41 Å². The van der Waals surface area contributed by atoms with E-state index in [1.54, 1.807) is 0 Å². The molecule has 2 aliphatic heterocycles. The number of allylic oxidation sites excluding steroid dienone is 2. The maximum absolute atomic E-state index is 6.83. The highest BCUT2D eigenvalue weighted by molar-refractivity contribution is 5.18. The first-order valence-electron chi connectivity index (χ1n) is 12.3. The van der Waals surface area contributed by atoms with Crippen molar-refractivity contribution in [1.29, 1.82) is 0 Å². The van der Waals surface area contributed by atoms with E-state index in [0.29, 0.717) is 32.7 Å². The third kappa shape index (κ3) is 5.45. The van der Waals surface area contributed by atoms with Gasteiger partial charge in [-0.15, -0.1) is 13.2 Å². The van der Waals surface area contributed by atoms with E-state index in [1.165, 1.54) is 0 Å². The summed E-state index contributed by atoms with van der Waals surface area (Å²) in [6, 6.07) is 20.3. The van der Waals surface area contributed by atoms with Gasteiger partial charge in [-0.25, -0.2) is 0 Å². The molecule has 0 N–H and O–H groups in total. The Labute approximate surface area is 209 Å². The van der Waals surface area contributed by atoms with Gasteiger partial charge in [0.15, 0.2) is 12.1 Å². The minimum atomic E-state index is -0.842. The molecule has 0 aromatic heterocycles. The fourth-order valence-electron chi connectivity index (χ4n) is 5.32. The summed E-state index contributed by atoms with van der Waals surface area (Å²) in [5.74, 6) is -0.756. The highest BCUT2D eigenvalue weighted by Crippen LogP contribution is 2.54. The summed E-state index contributed by atoms with van der Waals surface area (Å²) in [5, 5.41) is 0. The molecule has 0 aliphatic carbocycles. The van der Waals surface area contributed by atoms with Gasteiger partial charge >= 0.3 is 0 Å². The number of ether oxygens (including phenoxy) is 5. The molecule has 2 saturated heterocycles. The third-order valence-corrected chi connectivity index (χ3v) is 7.08. The Morgan fingerprint density at radius 1 is 0.857 bits per heavy atom. The van der Waals surface area contributed by atoms with Gasteiger partial charge in [-0.2, -0.15) is 0 Å². The van der Waals surface area contributed by atoms with Crippen LogP contribution in [0.4, 0.5) is 0 Å². The quantitative estimate of drug-likeness (QED) is 0.340. The molecule has 5 nitrogen and oxygen atoms in total. The second-order valence-corrected chi connectivity index (χ2v) is 10.2. The fraction of sp³-hybridized carbons (Fsp3) is 0.467. The van der Waals surface area contributed by atoms with Crippen LogP contribution in [0.3, 0.4) is 0 Å². The minimum Gasteiger partial charge on any atom is -0.374 e. The van der Waals surface area contributed by atoms with Gasteiger partial charge < -0.3 is 23.7 Å². The number of fused-ring (bicyclic) bond motifs is 1. The summed E-state index contributed by atoms with van der Waals surface area (Å²) in [6.45, 7) is 15.3. The van der Waals surface area contributed by atoms with Crippen LogP contribution < -0.4 is 0 Å². The van der Waals surface area contributed by atoms with Gasteiger partial charge in [0.25, 0.3) is 0 Å². The molecular formula is C30H38O5. The van der Waals surface area contributed by atoms with Crippen molar-refractivity contribution >= 4 is 0 Å². The second-order valence-electron chi connectivity index (χ2n) is 10.2. The van der Waals surface area contributed by atoms with Crippen LogP contribution in [0.1, 0.15) is 44.7 Å². The predicted molar refractivity (Wildman–Crippen MR) is 136 cm³/mol. The summed E-state index contributed by atoms with van der Waals surface area (Å²) in [5.41, 5.74) is 0.938. The molecule has 2 aromatic rings. The van der Waals surface area contributed by atoms with Gasteiger partial charge in [-0.05, 0) is 37.8 Å². The molecule has 3 unspecified atom stereocenters. The molecular weight excluding hydrogens is 440 g/mol. The maximum Gasteiger partial charge on any atom is 0.190 e. The molecule has 0 spiro atoms. The first kappa shape index (κ1) is 25.8. The first-order valence-corrected chi connectivity index (χ1v) is 12.3. The fourth-order valence-corrected chi connectivity index (χ4v) is 5.32. The summed E-state index contributed by atoms with van der Waals surface area (Å²) in [4.78, 5) is 0. The van der Waals surface area contributed by atoms with Crippen molar-refractivity contribution in [2.45, 2.75) is 76.7 Å². The van der Waals surface area contributed by atoms with Crippen molar-refractivity contribution in [3.8, 4) is 0 Å². The zero-order valence-electron chi connectivity index (χ0n) is 21.2. The summed E-state index contributed by atoms with van der Waals surface area (Å²) < 4.78 is 32.4. The van der Waals surface area contributed by atoms with Gasteiger partial charge in [-0.1, -0.05) is 79.7 Å². The molecule has 35 heavy (non-hydrogen) atoms. The Bertz CT molecular complexity index is 963. The van der Waals surface area contributed by atoms with E-state index in [0.717, 1.165) is 11.1 Å². The Kier molecular flexibility index (Phi) is 7.94. The van der Waals surface area contributed by atoms with Crippen molar-refractivity contribution in [3.05, 3.63) is 97.1 Å². The Hall–Kier alpha value is -2.28. The zero-order chi connectivity index (χ0) is 24.9.